The summed E-state index contributed by atoms with van der Waals surface area (Å²) in [7, 11) is 2.02. The van der Waals surface area contributed by atoms with Gasteiger partial charge in [-0.05, 0) is 43.1 Å². The maximum atomic E-state index is 11.9. The van der Waals surface area contributed by atoms with Gasteiger partial charge in [-0.1, -0.05) is 19.9 Å². The van der Waals surface area contributed by atoms with Gasteiger partial charge in [0.15, 0.2) is 0 Å². The van der Waals surface area contributed by atoms with Crippen LogP contribution in [0.4, 0.5) is 0 Å². The van der Waals surface area contributed by atoms with Crippen molar-refractivity contribution in [1.29, 1.82) is 0 Å². The zero-order valence-corrected chi connectivity index (χ0v) is 11.6. The molecule has 18 heavy (non-hydrogen) atoms. The minimum absolute atomic E-state index is 0.0626. The van der Waals surface area contributed by atoms with E-state index in [4.69, 9.17) is 4.74 Å². The number of benzene rings is 1. The van der Waals surface area contributed by atoms with Gasteiger partial charge in [-0.3, -0.25) is 4.90 Å². The standard InChI is InChI=1S/C15H21NO2/c1-10(2)14-6-5-12(7-11(14)3)15(17)18-13-8-16(4)9-13/h5-7,10,13H,8-9H2,1-4H3. The predicted molar refractivity (Wildman–Crippen MR) is 72.0 cm³/mol. The SMILES string of the molecule is Cc1cc(C(=O)OC2CN(C)C2)ccc1C(C)C. The Morgan fingerprint density at radius 3 is 2.56 bits per heavy atom. The Labute approximate surface area is 109 Å². The zero-order chi connectivity index (χ0) is 13.3. The van der Waals surface area contributed by atoms with Crippen molar-refractivity contribution in [3.05, 3.63) is 34.9 Å². The quantitative estimate of drug-likeness (QED) is 0.769. The van der Waals surface area contributed by atoms with Crippen molar-refractivity contribution >= 4 is 5.97 Å². The highest BCUT2D eigenvalue weighted by atomic mass is 16.5. The Bertz CT molecular complexity index is 448. The van der Waals surface area contributed by atoms with Crippen molar-refractivity contribution in [3.63, 3.8) is 0 Å². The Balaban J connectivity index is 2.04. The molecule has 1 saturated heterocycles. The van der Waals surface area contributed by atoms with Gasteiger partial charge in [0.25, 0.3) is 0 Å². The average molecular weight is 247 g/mol. The molecule has 2 rings (SSSR count). The van der Waals surface area contributed by atoms with Crippen LogP contribution in [0.5, 0.6) is 0 Å². The van der Waals surface area contributed by atoms with Gasteiger partial charge in [-0.15, -0.1) is 0 Å². The molecule has 3 heteroatoms. The lowest BCUT2D eigenvalue weighted by molar-refractivity contribution is -0.0212. The third kappa shape index (κ3) is 2.72. The van der Waals surface area contributed by atoms with E-state index in [2.05, 4.69) is 18.7 Å². The summed E-state index contributed by atoms with van der Waals surface area (Å²) in [4.78, 5) is 14.1. The van der Waals surface area contributed by atoms with Gasteiger partial charge in [0, 0.05) is 13.1 Å². The second-order valence-electron chi connectivity index (χ2n) is 5.47. The van der Waals surface area contributed by atoms with Crippen LogP contribution in [0.15, 0.2) is 18.2 Å². The highest BCUT2D eigenvalue weighted by Crippen LogP contribution is 2.21. The summed E-state index contributed by atoms with van der Waals surface area (Å²) in [6.07, 6.45) is 0.0626. The fourth-order valence-corrected chi connectivity index (χ4v) is 2.39. The molecule has 0 N–H and O–H groups in total. The van der Waals surface area contributed by atoms with E-state index in [1.54, 1.807) is 0 Å². The van der Waals surface area contributed by atoms with Crippen molar-refractivity contribution < 1.29 is 9.53 Å². The molecule has 0 bridgehead atoms. The van der Waals surface area contributed by atoms with E-state index >= 15 is 0 Å². The number of hydrogen-bond acceptors (Lipinski definition) is 3. The van der Waals surface area contributed by atoms with Crippen molar-refractivity contribution in [1.82, 2.24) is 4.90 Å². The van der Waals surface area contributed by atoms with Crippen molar-refractivity contribution in [2.45, 2.75) is 32.8 Å². The molecular weight excluding hydrogens is 226 g/mol. The summed E-state index contributed by atoms with van der Waals surface area (Å²) in [6, 6.07) is 5.83. The number of carbonyl (C=O) groups excluding carboxylic acids is 1. The molecule has 0 aliphatic carbocycles. The normalized spacial score (nSPS) is 16.7. The van der Waals surface area contributed by atoms with E-state index < -0.39 is 0 Å². The molecule has 1 aromatic carbocycles. The molecule has 1 aromatic rings. The first-order valence-electron chi connectivity index (χ1n) is 6.47. The van der Waals surface area contributed by atoms with Crippen LogP contribution in [0.1, 0.15) is 41.3 Å². The lowest BCUT2D eigenvalue weighted by Crippen LogP contribution is -2.50. The summed E-state index contributed by atoms with van der Waals surface area (Å²) in [5.74, 6) is 0.279. The van der Waals surface area contributed by atoms with Gasteiger partial charge >= 0.3 is 5.97 Å². The molecule has 1 aliphatic rings. The Morgan fingerprint density at radius 2 is 2.06 bits per heavy atom. The van der Waals surface area contributed by atoms with Crippen LogP contribution in [0.2, 0.25) is 0 Å². The average Bonchev–Trinajstić information content (AvgIpc) is 2.26. The molecule has 0 saturated carbocycles. The first-order valence-corrected chi connectivity index (χ1v) is 6.47. The van der Waals surface area contributed by atoms with Crippen LogP contribution in [-0.4, -0.2) is 37.1 Å². The van der Waals surface area contributed by atoms with Crippen molar-refractivity contribution in [2.24, 2.45) is 0 Å². The molecule has 0 radical (unpaired) electrons. The van der Waals surface area contributed by atoms with Crippen LogP contribution in [0, 0.1) is 6.92 Å². The number of rotatable bonds is 3. The second-order valence-corrected chi connectivity index (χ2v) is 5.47. The fraction of sp³-hybridized carbons (Fsp3) is 0.533. The third-order valence-corrected chi connectivity index (χ3v) is 3.43. The van der Waals surface area contributed by atoms with Gasteiger partial charge in [-0.2, -0.15) is 0 Å². The van der Waals surface area contributed by atoms with Crippen LogP contribution in [0.25, 0.3) is 0 Å². The molecule has 98 valence electrons. The minimum Gasteiger partial charge on any atom is -0.456 e. The number of likely N-dealkylation sites (N-methyl/N-ethyl adjacent to an activating group) is 1. The van der Waals surface area contributed by atoms with E-state index in [-0.39, 0.29) is 12.1 Å². The van der Waals surface area contributed by atoms with E-state index in [9.17, 15) is 4.79 Å². The van der Waals surface area contributed by atoms with Gasteiger partial charge in [0.1, 0.15) is 6.10 Å². The first-order chi connectivity index (χ1) is 8.47. The Hall–Kier alpha value is -1.35. The first kappa shape index (κ1) is 13.1. The molecule has 0 aromatic heterocycles. The molecular formula is C15H21NO2. The van der Waals surface area contributed by atoms with Crippen LogP contribution < -0.4 is 0 Å². The maximum Gasteiger partial charge on any atom is 0.338 e. The van der Waals surface area contributed by atoms with Gasteiger partial charge in [-0.25, -0.2) is 4.79 Å². The molecule has 1 heterocycles. The van der Waals surface area contributed by atoms with Crippen LogP contribution in [0.3, 0.4) is 0 Å². The van der Waals surface area contributed by atoms with E-state index in [0.717, 1.165) is 18.7 Å². The topological polar surface area (TPSA) is 29.5 Å². The molecule has 1 fully saturated rings. The van der Waals surface area contributed by atoms with Gasteiger partial charge < -0.3 is 4.74 Å². The molecule has 1 aliphatic heterocycles. The highest BCUT2D eigenvalue weighted by Gasteiger charge is 2.27. The largest absolute Gasteiger partial charge is 0.456 e. The summed E-state index contributed by atoms with van der Waals surface area (Å²) < 4.78 is 5.42. The van der Waals surface area contributed by atoms with Crippen LogP contribution in [-0.2, 0) is 4.74 Å². The van der Waals surface area contributed by atoms with E-state index in [0.29, 0.717) is 11.5 Å². The van der Waals surface area contributed by atoms with E-state index in [1.807, 2.05) is 32.2 Å². The van der Waals surface area contributed by atoms with Crippen molar-refractivity contribution in [3.8, 4) is 0 Å². The van der Waals surface area contributed by atoms with Gasteiger partial charge in [0.2, 0.25) is 0 Å². The zero-order valence-electron chi connectivity index (χ0n) is 11.6. The second kappa shape index (κ2) is 5.11. The number of nitrogens with zero attached hydrogens (tertiary/aromatic N) is 1. The lowest BCUT2D eigenvalue weighted by atomic mass is 9.96. The summed E-state index contributed by atoms with van der Waals surface area (Å²) in [6.45, 7) is 8.04. The van der Waals surface area contributed by atoms with Gasteiger partial charge in [0.05, 0.1) is 5.56 Å². The number of ether oxygens (including phenoxy) is 1. The van der Waals surface area contributed by atoms with Crippen molar-refractivity contribution in [2.75, 3.05) is 20.1 Å². The number of hydrogen-bond donors (Lipinski definition) is 0. The Morgan fingerprint density at radius 1 is 1.39 bits per heavy atom. The summed E-state index contributed by atoms with van der Waals surface area (Å²) in [5, 5.41) is 0. The fourth-order valence-electron chi connectivity index (χ4n) is 2.39. The Kier molecular flexibility index (Phi) is 3.71. The molecule has 3 nitrogen and oxygen atoms in total. The summed E-state index contributed by atoms with van der Waals surface area (Å²) >= 11 is 0. The predicted octanol–water partition coefficient (Wildman–Crippen LogP) is 2.59. The smallest absolute Gasteiger partial charge is 0.338 e. The van der Waals surface area contributed by atoms with E-state index in [1.165, 1.54) is 5.56 Å². The molecule has 0 spiro atoms. The molecule has 0 unspecified atom stereocenters. The molecule has 0 amide bonds. The number of likely N-dealkylation sites (tertiary alicyclic amines) is 1. The maximum absolute atomic E-state index is 11.9. The van der Waals surface area contributed by atoms with Crippen LogP contribution >= 0.6 is 0 Å². The minimum atomic E-state index is -0.202. The number of carbonyl (C=O) groups is 1. The highest BCUT2D eigenvalue weighted by molar-refractivity contribution is 5.89. The third-order valence-electron chi connectivity index (χ3n) is 3.43. The summed E-state index contributed by atoms with van der Waals surface area (Å²) in [5.41, 5.74) is 3.10. The monoisotopic (exact) mass is 247 g/mol. The number of esters is 1. The molecule has 0 atom stereocenters. The number of aryl methyl sites for hydroxylation is 1. The lowest BCUT2D eigenvalue weighted by Gasteiger charge is -2.35.